The van der Waals surface area contributed by atoms with Crippen LogP contribution in [0, 0.1) is 5.92 Å². The summed E-state index contributed by atoms with van der Waals surface area (Å²) in [6, 6.07) is 5.77. The standard InChI is InChI=1S/C17H22N2O5S2/c1-24-13-4-6-14(7-5-13)26(22,23)19-9-2-3-12(11-19)16(20)18-15-8-10-25-17(15)21/h4-7,12,15H,2-3,8-11H2,1H3,(H,18,20)/t12-,15+/m0/s1. The molecule has 1 amide bonds. The number of amides is 1. The van der Waals surface area contributed by atoms with Gasteiger partial charge in [0.1, 0.15) is 5.75 Å². The van der Waals surface area contributed by atoms with Crippen molar-refractivity contribution in [2.75, 3.05) is 26.0 Å². The van der Waals surface area contributed by atoms with Crippen molar-refractivity contribution in [1.82, 2.24) is 9.62 Å². The summed E-state index contributed by atoms with van der Waals surface area (Å²) in [5.74, 6) is 0.626. The third kappa shape index (κ3) is 4.05. The van der Waals surface area contributed by atoms with Gasteiger partial charge in [0, 0.05) is 18.8 Å². The molecule has 2 fully saturated rings. The lowest BCUT2D eigenvalue weighted by atomic mass is 9.98. The van der Waals surface area contributed by atoms with Crippen LogP contribution < -0.4 is 10.1 Å². The molecule has 2 atom stereocenters. The van der Waals surface area contributed by atoms with Crippen molar-refractivity contribution in [3.63, 3.8) is 0 Å². The summed E-state index contributed by atoms with van der Waals surface area (Å²) in [6.45, 7) is 0.518. The lowest BCUT2D eigenvalue weighted by Crippen LogP contribution is -2.48. The Balaban J connectivity index is 1.68. The second-order valence-electron chi connectivity index (χ2n) is 6.40. The number of methoxy groups -OCH3 is 1. The second-order valence-corrected chi connectivity index (χ2v) is 9.43. The molecule has 0 unspecified atom stereocenters. The Morgan fingerprint density at radius 3 is 2.62 bits per heavy atom. The van der Waals surface area contributed by atoms with Crippen LogP contribution in [0.4, 0.5) is 0 Å². The molecular formula is C17H22N2O5S2. The summed E-state index contributed by atoms with van der Waals surface area (Å²) in [6.07, 6.45) is 1.87. The molecule has 0 bridgehead atoms. The maximum atomic E-state index is 12.8. The lowest BCUT2D eigenvalue weighted by Gasteiger charge is -2.31. The van der Waals surface area contributed by atoms with Gasteiger partial charge in [-0.2, -0.15) is 4.31 Å². The molecule has 0 aromatic heterocycles. The molecule has 1 aromatic rings. The molecule has 0 saturated carbocycles. The summed E-state index contributed by atoms with van der Waals surface area (Å²) in [5, 5.41) is 2.76. The van der Waals surface area contributed by atoms with Crippen molar-refractivity contribution in [1.29, 1.82) is 0 Å². The fourth-order valence-corrected chi connectivity index (χ4v) is 5.64. The molecule has 2 aliphatic heterocycles. The quantitative estimate of drug-likeness (QED) is 0.802. The van der Waals surface area contributed by atoms with Gasteiger partial charge in [-0.25, -0.2) is 8.42 Å². The van der Waals surface area contributed by atoms with Crippen LogP contribution in [-0.2, 0) is 19.6 Å². The Morgan fingerprint density at radius 1 is 1.27 bits per heavy atom. The van der Waals surface area contributed by atoms with Crippen molar-refractivity contribution in [2.45, 2.75) is 30.2 Å². The number of nitrogens with one attached hydrogen (secondary N) is 1. The van der Waals surface area contributed by atoms with Crippen LogP contribution in [-0.4, -0.2) is 55.7 Å². The molecule has 2 heterocycles. The van der Waals surface area contributed by atoms with Crippen LogP contribution in [0.3, 0.4) is 0 Å². The Bertz CT molecular complexity index is 779. The van der Waals surface area contributed by atoms with E-state index in [1.807, 2.05) is 0 Å². The van der Waals surface area contributed by atoms with Gasteiger partial charge in [0.2, 0.25) is 21.0 Å². The fourth-order valence-electron chi connectivity index (χ4n) is 3.19. The topological polar surface area (TPSA) is 92.8 Å². The minimum absolute atomic E-state index is 0.0168. The molecule has 9 heteroatoms. The van der Waals surface area contributed by atoms with Gasteiger partial charge in [0.05, 0.1) is 24.0 Å². The number of thioether (sulfide) groups is 1. The summed E-state index contributed by atoms with van der Waals surface area (Å²) in [4.78, 5) is 24.3. The van der Waals surface area contributed by atoms with Gasteiger partial charge in [-0.1, -0.05) is 11.8 Å². The van der Waals surface area contributed by atoms with Crippen molar-refractivity contribution < 1.29 is 22.7 Å². The Kier molecular flexibility index (Phi) is 5.89. The molecule has 142 valence electrons. The predicted octanol–water partition coefficient (Wildman–Crippen LogP) is 1.24. The van der Waals surface area contributed by atoms with Gasteiger partial charge in [-0.05, 0) is 43.5 Å². The highest BCUT2D eigenvalue weighted by atomic mass is 32.2. The molecule has 1 N–H and O–H groups in total. The number of carbonyl (C=O) groups excluding carboxylic acids is 2. The first-order valence-corrected chi connectivity index (χ1v) is 11.0. The van der Waals surface area contributed by atoms with Gasteiger partial charge >= 0.3 is 0 Å². The number of ether oxygens (including phenoxy) is 1. The minimum Gasteiger partial charge on any atom is -0.497 e. The summed E-state index contributed by atoms with van der Waals surface area (Å²) in [7, 11) is -2.15. The minimum atomic E-state index is -3.66. The van der Waals surface area contributed by atoms with Crippen molar-refractivity contribution in [3.05, 3.63) is 24.3 Å². The SMILES string of the molecule is COc1ccc(S(=O)(=O)N2CCC[C@H](C(=O)N[C@@H]3CCSC3=O)C2)cc1. The molecule has 0 spiro atoms. The average Bonchev–Trinajstić information content (AvgIpc) is 3.06. The van der Waals surface area contributed by atoms with Crippen molar-refractivity contribution in [3.8, 4) is 5.75 Å². The van der Waals surface area contributed by atoms with Crippen LogP contribution in [0.25, 0.3) is 0 Å². The first kappa shape index (κ1) is 19.2. The Labute approximate surface area is 157 Å². The number of hydrogen-bond donors (Lipinski definition) is 1. The van der Waals surface area contributed by atoms with E-state index in [0.717, 1.165) is 0 Å². The van der Waals surface area contributed by atoms with Gasteiger partial charge in [0.15, 0.2) is 0 Å². The van der Waals surface area contributed by atoms with Gasteiger partial charge < -0.3 is 10.1 Å². The highest BCUT2D eigenvalue weighted by Crippen LogP contribution is 2.26. The number of piperidine rings is 1. The maximum absolute atomic E-state index is 12.8. The van der Waals surface area contributed by atoms with E-state index in [0.29, 0.717) is 37.3 Å². The molecule has 0 radical (unpaired) electrons. The number of rotatable bonds is 5. The zero-order chi connectivity index (χ0) is 18.7. The van der Waals surface area contributed by atoms with E-state index in [1.165, 1.54) is 35.3 Å². The third-order valence-electron chi connectivity index (χ3n) is 4.70. The number of sulfonamides is 1. The highest BCUT2D eigenvalue weighted by molar-refractivity contribution is 8.14. The van der Waals surface area contributed by atoms with Crippen molar-refractivity contribution >= 4 is 32.8 Å². The zero-order valence-electron chi connectivity index (χ0n) is 14.5. The third-order valence-corrected chi connectivity index (χ3v) is 7.59. The summed E-state index contributed by atoms with van der Waals surface area (Å²) in [5.41, 5.74) is 0. The number of nitrogens with zero attached hydrogens (tertiary/aromatic N) is 1. The molecule has 7 nitrogen and oxygen atoms in total. The maximum Gasteiger partial charge on any atom is 0.243 e. The lowest BCUT2D eigenvalue weighted by molar-refractivity contribution is -0.128. The van der Waals surface area contributed by atoms with Gasteiger partial charge in [-0.3, -0.25) is 9.59 Å². The van der Waals surface area contributed by atoms with E-state index in [2.05, 4.69) is 5.32 Å². The van der Waals surface area contributed by atoms with E-state index in [9.17, 15) is 18.0 Å². The van der Waals surface area contributed by atoms with Crippen LogP contribution in [0.5, 0.6) is 5.75 Å². The fraction of sp³-hybridized carbons (Fsp3) is 0.529. The molecule has 1 aromatic carbocycles. The Hall–Kier alpha value is -1.58. The smallest absolute Gasteiger partial charge is 0.243 e. The Morgan fingerprint density at radius 2 is 2.00 bits per heavy atom. The van der Waals surface area contributed by atoms with E-state index < -0.39 is 22.0 Å². The first-order chi connectivity index (χ1) is 12.4. The molecule has 3 rings (SSSR count). The second kappa shape index (κ2) is 7.98. The normalized spacial score (nSPS) is 24.4. The van der Waals surface area contributed by atoms with Gasteiger partial charge in [0.25, 0.3) is 0 Å². The van der Waals surface area contributed by atoms with Crippen LogP contribution in [0.2, 0.25) is 0 Å². The number of carbonyl (C=O) groups is 2. The predicted molar refractivity (Wildman–Crippen MR) is 98.5 cm³/mol. The average molecular weight is 399 g/mol. The van der Waals surface area contributed by atoms with Crippen molar-refractivity contribution in [2.24, 2.45) is 5.92 Å². The highest BCUT2D eigenvalue weighted by Gasteiger charge is 2.35. The van der Waals surface area contributed by atoms with Crippen LogP contribution in [0.1, 0.15) is 19.3 Å². The number of hydrogen-bond acceptors (Lipinski definition) is 6. The molecule has 2 aliphatic rings. The molecule has 26 heavy (non-hydrogen) atoms. The van der Waals surface area contributed by atoms with Gasteiger partial charge in [-0.15, -0.1) is 0 Å². The largest absolute Gasteiger partial charge is 0.497 e. The summed E-state index contributed by atoms with van der Waals surface area (Å²) >= 11 is 1.23. The summed E-state index contributed by atoms with van der Waals surface area (Å²) < 4.78 is 32.1. The van der Waals surface area contributed by atoms with E-state index in [-0.39, 0.29) is 22.5 Å². The molecule has 2 saturated heterocycles. The van der Waals surface area contributed by atoms with E-state index in [1.54, 1.807) is 12.1 Å². The number of benzene rings is 1. The van der Waals surface area contributed by atoms with E-state index >= 15 is 0 Å². The van der Waals surface area contributed by atoms with Crippen LogP contribution in [0.15, 0.2) is 29.2 Å². The van der Waals surface area contributed by atoms with E-state index in [4.69, 9.17) is 4.74 Å². The monoisotopic (exact) mass is 398 g/mol. The first-order valence-electron chi connectivity index (χ1n) is 8.53. The zero-order valence-corrected chi connectivity index (χ0v) is 16.1. The molecule has 0 aliphatic carbocycles. The molecular weight excluding hydrogens is 376 g/mol. The van der Waals surface area contributed by atoms with Crippen LogP contribution >= 0.6 is 11.8 Å².